The fourth-order valence-electron chi connectivity index (χ4n) is 5.26. The van der Waals surface area contributed by atoms with Crippen LogP contribution in [0.15, 0.2) is 24.3 Å². The minimum Gasteiger partial charge on any atom is -0.493 e. The number of hydrogen-bond donors (Lipinski definition) is 2. The van der Waals surface area contributed by atoms with Crippen molar-refractivity contribution in [1.29, 1.82) is 0 Å². The SMILES string of the molecule is CCCCCCCCCCCCCCCCCCOc1ccccc1CC(COP(=O)(O)OCCC[NH2+]C)CC(C)=O. The third-order valence-electron chi connectivity index (χ3n) is 7.68. The number of rotatable bonds is 30. The van der Waals surface area contributed by atoms with E-state index in [-0.39, 0.29) is 31.3 Å². The number of unbranched alkanes of at least 4 members (excludes halogenated alkanes) is 15. The lowest BCUT2D eigenvalue weighted by atomic mass is 9.95. The summed E-state index contributed by atoms with van der Waals surface area (Å²) in [6, 6.07) is 7.85. The fraction of sp³-hybridized carbons (Fsp3) is 0.794. The number of nitrogens with two attached hydrogens (primary N) is 1. The molecule has 0 bridgehead atoms. The van der Waals surface area contributed by atoms with Gasteiger partial charge in [-0.1, -0.05) is 121 Å². The summed E-state index contributed by atoms with van der Waals surface area (Å²) in [5.74, 6) is 0.587. The van der Waals surface area contributed by atoms with Crippen LogP contribution in [0.4, 0.5) is 0 Å². The lowest BCUT2D eigenvalue weighted by Crippen LogP contribution is -2.79. The predicted molar refractivity (Wildman–Crippen MR) is 173 cm³/mol. The van der Waals surface area contributed by atoms with Crippen molar-refractivity contribution < 1.29 is 33.4 Å². The molecule has 0 aliphatic rings. The molecule has 0 amide bonds. The highest BCUT2D eigenvalue weighted by Crippen LogP contribution is 2.44. The van der Waals surface area contributed by atoms with Crippen LogP contribution < -0.4 is 10.1 Å². The van der Waals surface area contributed by atoms with Crippen LogP contribution in [0.3, 0.4) is 0 Å². The Hall–Kier alpha value is -1.24. The molecular formula is C34H63NO6P+. The largest absolute Gasteiger partial charge is 0.493 e. The predicted octanol–water partition coefficient (Wildman–Crippen LogP) is 8.18. The molecule has 42 heavy (non-hydrogen) atoms. The van der Waals surface area contributed by atoms with E-state index in [1.165, 1.54) is 103 Å². The quantitative estimate of drug-likeness (QED) is 0.0672. The van der Waals surface area contributed by atoms with E-state index in [0.29, 0.717) is 19.4 Å². The van der Waals surface area contributed by atoms with E-state index >= 15 is 0 Å². The number of carbonyl (C=O) groups excluding carboxylic acids is 1. The molecule has 1 aromatic rings. The summed E-state index contributed by atoms with van der Waals surface area (Å²) < 4.78 is 28.7. The highest BCUT2D eigenvalue weighted by Gasteiger charge is 2.24. The van der Waals surface area contributed by atoms with Crippen LogP contribution in [0, 0.1) is 5.92 Å². The van der Waals surface area contributed by atoms with E-state index < -0.39 is 7.82 Å². The first kappa shape index (κ1) is 38.8. The Labute approximate surface area is 257 Å². The normalized spacial score (nSPS) is 13.6. The highest BCUT2D eigenvalue weighted by atomic mass is 31.2. The van der Waals surface area contributed by atoms with E-state index in [1.54, 1.807) is 0 Å². The van der Waals surface area contributed by atoms with Gasteiger partial charge in [0.1, 0.15) is 11.5 Å². The molecule has 0 aliphatic carbocycles. The Bertz CT molecular complexity index is 836. The lowest BCUT2D eigenvalue weighted by Gasteiger charge is -2.20. The van der Waals surface area contributed by atoms with Gasteiger partial charge in [-0.05, 0) is 37.3 Å². The second-order valence-corrected chi connectivity index (χ2v) is 13.3. The van der Waals surface area contributed by atoms with Crippen molar-refractivity contribution in [2.45, 2.75) is 136 Å². The molecule has 7 nitrogen and oxygen atoms in total. The zero-order valence-electron chi connectivity index (χ0n) is 27.2. The summed E-state index contributed by atoms with van der Waals surface area (Å²) in [5, 5.41) is 1.98. The monoisotopic (exact) mass is 612 g/mol. The average Bonchev–Trinajstić information content (AvgIpc) is 2.96. The summed E-state index contributed by atoms with van der Waals surface area (Å²) in [4.78, 5) is 21.9. The van der Waals surface area contributed by atoms with Crippen molar-refractivity contribution in [3.63, 3.8) is 0 Å². The Morgan fingerprint density at radius 3 is 1.90 bits per heavy atom. The molecule has 0 saturated carbocycles. The van der Waals surface area contributed by atoms with Crippen molar-refractivity contribution >= 4 is 13.6 Å². The van der Waals surface area contributed by atoms with Crippen molar-refractivity contribution in [3.8, 4) is 5.75 Å². The second-order valence-electron chi connectivity index (χ2n) is 11.9. The van der Waals surface area contributed by atoms with Crippen molar-refractivity contribution in [2.24, 2.45) is 5.92 Å². The smallest absolute Gasteiger partial charge is 0.472 e. The van der Waals surface area contributed by atoms with Crippen LogP contribution in [0.1, 0.15) is 135 Å². The van der Waals surface area contributed by atoms with E-state index in [0.717, 1.165) is 24.3 Å². The Kier molecular flexibility index (Phi) is 24.2. The number of hydrogen-bond acceptors (Lipinski definition) is 5. The Morgan fingerprint density at radius 2 is 1.36 bits per heavy atom. The van der Waals surface area contributed by atoms with Crippen LogP contribution in [0.5, 0.6) is 5.75 Å². The summed E-state index contributed by atoms with van der Waals surface area (Å²) in [7, 11) is -2.22. The summed E-state index contributed by atoms with van der Waals surface area (Å²) >= 11 is 0. The molecule has 3 N–H and O–H groups in total. The van der Waals surface area contributed by atoms with Gasteiger partial charge >= 0.3 is 7.82 Å². The van der Waals surface area contributed by atoms with Crippen molar-refractivity contribution in [2.75, 3.05) is 33.4 Å². The van der Waals surface area contributed by atoms with Crippen LogP contribution in [-0.4, -0.2) is 44.1 Å². The van der Waals surface area contributed by atoms with E-state index in [4.69, 9.17) is 13.8 Å². The minimum absolute atomic E-state index is 0.0161. The molecule has 0 fully saturated rings. The number of quaternary nitrogens is 1. The van der Waals surface area contributed by atoms with Gasteiger partial charge in [0.15, 0.2) is 0 Å². The number of carbonyl (C=O) groups is 1. The Morgan fingerprint density at radius 1 is 0.810 bits per heavy atom. The first-order valence-electron chi connectivity index (χ1n) is 17.0. The first-order valence-corrected chi connectivity index (χ1v) is 18.5. The molecule has 0 saturated heterocycles. The highest BCUT2D eigenvalue weighted by molar-refractivity contribution is 7.47. The van der Waals surface area contributed by atoms with Crippen LogP contribution in [0.2, 0.25) is 0 Å². The van der Waals surface area contributed by atoms with Gasteiger partial charge in [0, 0.05) is 12.8 Å². The molecule has 1 rings (SSSR count). The van der Waals surface area contributed by atoms with Crippen molar-refractivity contribution in [1.82, 2.24) is 0 Å². The number of ketones is 1. The minimum atomic E-state index is -4.15. The van der Waals surface area contributed by atoms with Gasteiger partial charge in [-0.3, -0.25) is 9.05 Å². The first-order chi connectivity index (χ1) is 20.4. The maximum absolute atomic E-state index is 12.3. The van der Waals surface area contributed by atoms with Gasteiger partial charge in [-0.25, -0.2) is 4.57 Å². The Balaban J connectivity index is 2.24. The summed E-state index contributed by atoms with van der Waals surface area (Å²) in [6.45, 7) is 5.41. The van der Waals surface area contributed by atoms with Gasteiger partial charge in [0.05, 0.1) is 33.4 Å². The van der Waals surface area contributed by atoms with Crippen LogP contribution in [-0.2, 0) is 24.8 Å². The molecule has 0 heterocycles. The van der Waals surface area contributed by atoms with E-state index in [2.05, 4.69) is 6.92 Å². The number of phosphoric acid groups is 1. The van der Waals surface area contributed by atoms with Gasteiger partial charge < -0.3 is 19.7 Å². The van der Waals surface area contributed by atoms with Crippen molar-refractivity contribution in [3.05, 3.63) is 29.8 Å². The average molecular weight is 613 g/mol. The molecule has 1 aromatic carbocycles. The van der Waals surface area contributed by atoms with Gasteiger partial charge in [0.2, 0.25) is 0 Å². The van der Waals surface area contributed by atoms with Gasteiger partial charge in [-0.2, -0.15) is 0 Å². The second kappa shape index (κ2) is 26.2. The maximum Gasteiger partial charge on any atom is 0.472 e. The third kappa shape index (κ3) is 22.3. The molecule has 0 aliphatic heterocycles. The van der Waals surface area contributed by atoms with Gasteiger partial charge in [0.25, 0.3) is 0 Å². The summed E-state index contributed by atoms with van der Waals surface area (Å²) in [5.41, 5.74) is 0.982. The molecule has 2 unspecified atom stereocenters. The molecule has 0 radical (unpaired) electrons. The molecule has 0 spiro atoms. The number of Topliss-reactive ketones (excluding diaryl/α,β-unsaturated/α-hetero) is 1. The fourth-order valence-corrected chi connectivity index (χ4v) is 6.09. The number of phosphoric ester groups is 1. The zero-order valence-corrected chi connectivity index (χ0v) is 28.1. The van der Waals surface area contributed by atoms with Crippen LogP contribution in [0.25, 0.3) is 0 Å². The number of benzene rings is 1. The molecule has 0 aromatic heterocycles. The van der Waals surface area contributed by atoms with Gasteiger partial charge in [-0.15, -0.1) is 0 Å². The van der Waals surface area contributed by atoms with E-state index in [1.807, 2.05) is 36.6 Å². The molecule has 244 valence electrons. The number of ether oxygens (including phenoxy) is 1. The lowest BCUT2D eigenvalue weighted by molar-refractivity contribution is -0.627. The summed E-state index contributed by atoms with van der Waals surface area (Å²) in [6.07, 6.45) is 22.9. The topological polar surface area (TPSA) is 98.7 Å². The zero-order chi connectivity index (χ0) is 30.7. The standard InChI is InChI=1S/C34H62NO6P/c1-4-5-6-7-8-9-10-11-12-13-14-15-16-17-18-21-26-39-34-24-20-19-23-33(34)29-32(28-31(2)36)30-41-42(37,38)40-27-22-25-35-3/h19-20,23-24,32,35H,4-18,21-22,25-30H2,1-3H3,(H,37,38)/p+1. The van der Waals surface area contributed by atoms with E-state index in [9.17, 15) is 14.3 Å². The van der Waals surface area contributed by atoms with Crippen LogP contribution >= 0.6 is 7.82 Å². The molecule has 2 atom stereocenters. The molecule has 8 heteroatoms. The third-order valence-corrected chi connectivity index (χ3v) is 8.66. The number of para-hydroxylation sites is 1. The maximum atomic E-state index is 12.3. The molecular weight excluding hydrogens is 549 g/mol.